The molecular weight excluding hydrogens is 400 g/mol. The highest BCUT2D eigenvalue weighted by molar-refractivity contribution is 9.15. The second-order valence-electron chi connectivity index (χ2n) is 6.63. The normalized spacial score (nSPS) is 16.0. The van der Waals surface area contributed by atoms with Gasteiger partial charge in [0.2, 0.25) is 0 Å². The summed E-state index contributed by atoms with van der Waals surface area (Å²) in [4.78, 5) is 11.9. The number of fused-ring (bicyclic) bond motifs is 2. The van der Waals surface area contributed by atoms with E-state index in [9.17, 15) is 4.79 Å². The molecule has 1 unspecified atom stereocenters. The molecule has 3 heteroatoms. The van der Waals surface area contributed by atoms with Crippen molar-refractivity contribution in [2.45, 2.75) is 5.92 Å². The molecule has 0 amide bonds. The molecule has 27 heavy (non-hydrogen) atoms. The van der Waals surface area contributed by atoms with Crippen LogP contribution in [0.1, 0.15) is 28.2 Å². The fraction of sp³-hybridized carbons (Fsp3) is 0.0417. The summed E-state index contributed by atoms with van der Waals surface area (Å²) in [6.45, 7) is 0. The van der Waals surface area contributed by atoms with Gasteiger partial charge in [-0.1, -0.05) is 72.8 Å². The van der Waals surface area contributed by atoms with Crippen LogP contribution in [0.2, 0.25) is 0 Å². The van der Waals surface area contributed by atoms with Gasteiger partial charge in [-0.05, 0) is 44.3 Å². The largest absolute Gasteiger partial charge is 0.422 e. The zero-order valence-corrected chi connectivity index (χ0v) is 15.9. The highest BCUT2D eigenvalue weighted by Gasteiger charge is 2.33. The van der Waals surface area contributed by atoms with Crippen LogP contribution in [0.4, 0.5) is 0 Å². The molecule has 1 aliphatic rings. The minimum absolute atomic E-state index is 0.00720. The van der Waals surface area contributed by atoms with E-state index in [0.717, 1.165) is 21.0 Å². The second-order valence-corrected chi connectivity index (χ2v) is 7.43. The van der Waals surface area contributed by atoms with Crippen LogP contribution >= 0.6 is 15.9 Å². The maximum Gasteiger partial charge on any atom is 0.336 e. The predicted octanol–water partition coefficient (Wildman–Crippen LogP) is 6.20. The summed E-state index contributed by atoms with van der Waals surface area (Å²) in [6.07, 6.45) is 0. The third kappa shape index (κ3) is 2.58. The van der Waals surface area contributed by atoms with Crippen LogP contribution in [0.5, 0.6) is 0 Å². The number of para-hydroxylation sites is 1. The quantitative estimate of drug-likeness (QED) is 0.365. The van der Waals surface area contributed by atoms with Crippen molar-refractivity contribution < 1.29 is 4.42 Å². The van der Waals surface area contributed by atoms with Crippen molar-refractivity contribution in [3.05, 3.63) is 118 Å². The van der Waals surface area contributed by atoms with Gasteiger partial charge in [-0.2, -0.15) is 0 Å². The van der Waals surface area contributed by atoms with Gasteiger partial charge < -0.3 is 4.42 Å². The molecule has 4 aromatic rings. The summed E-state index contributed by atoms with van der Waals surface area (Å²) in [5.41, 5.74) is 6.06. The Labute approximate surface area is 164 Å². The third-order valence-corrected chi connectivity index (χ3v) is 5.96. The lowest BCUT2D eigenvalue weighted by Gasteiger charge is -2.19. The maximum atomic E-state index is 11.9. The lowest BCUT2D eigenvalue weighted by molar-refractivity contribution is 0.557. The summed E-state index contributed by atoms with van der Waals surface area (Å²) in [6, 6.07) is 28.1. The minimum atomic E-state index is -0.328. The van der Waals surface area contributed by atoms with Crippen LogP contribution in [-0.2, 0) is 0 Å². The molecule has 0 aliphatic heterocycles. The molecule has 0 bridgehead atoms. The number of halogens is 1. The van der Waals surface area contributed by atoms with E-state index >= 15 is 0 Å². The van der Waals surface area contributed by atoms with Crippen LogP contribution in [0.15, 0.2) is 94.1 Å². The molecule has 1 atom stereocenters. The average molecular weight is 415 g/mol. The van der Waals surface area contributed by atoms with E-state index in [1.165, 1.54) is 22.8 Å². The van der Waals surface area contributed by atoms with Crippen molar-refractivity contribution in [1.29, 1.82) is 0 Å². The number of allylic oxidation sites excluding steroid dienone is 1. The zero-order valence-electron chi connectivity index (χ0n) is 14.4. The molecule has 0 N–H and O–H groups in total. The number of rotatable bonds is 2. The highest BCUT2D eigenvalue weighted by atomic mass is 79.9. The van der Waals surface area contributed by atoms with E-state index in [4.69, 9.17) is 4.42 Å². The fourth-order valence-corrected chi connectivity index (χ4v) is 4.77. The van der Waals surface area contributed by atoms with E-state index in [1.54, 1.807) is 0 Å². The smallest absolute Gasteiger partial charge is 0.336 e. The van der Waals surface area contributed by atoms with Crippen molar-refractivity contribution in [3.63, 3.8) is 0 Å². The predicted molar refractivity (Wildman–Crippen MR) is 113 cm³/mol. The monoisotopic (exact) mass is 414 g/mol. The van der Waals surface area contributed by atoms with Crippen LogP contribution in [0, 0.1) is 0 Å². The van der Waals surface area contributed by atoms with Crippen LogP contribution < -0.4 is 5.63 Å². The van der Waals surface area contributed by atoms with Crippen molar-refractivity contribution in [2.75, 3.05) is 0 Å². The van der Waals surface area contributed by atoms with Gasteiger partial charge in [-0.3, -0.25) is 0 Å². The van der Waals surface area contributed by atoms with Crippen molar-refractivity contribution in [1.82, 2.24) is 0 Å². The summed E-state index contributed by atoms with van der Waals surface area (Å²) in [5, 5.41) is 0.931. The van der Waals surface area contributed by atoms with E-state index in [1.807, 2.05) is 42.5 Å². The molecule has 3 aromatic carbocycles. The summed E-state index contributed by atoms with van der Waals surface area (Å²) < 4.78 is 6.73. The summed E-state index contributed by atoms with van der Waals surface area (Å²) in [7, 11) is 0. The van der Waals surface area contributed by atoms with E-state index in [0.29, 0.717) is 5.58 Å². The Hall–Kier alpha value is -2.91. The Kier molecular flexibility index (Phi) is 3.83. The molecular formula is C24H15BrO2. The second kappa shape index (κ2) is 6.36. The van der Waals surface area contributed by atoms with Crippen LogP contribution in [0.3, 0.4) is 0 Å². The topological polar surface area (TPSA) is 30.2 Å². The number of hydrogen-bond donors (Lipinski definition) is 0. The Balaban J connectivity index is 1.85. The molecule has 0 saturated carbocycles. The molecule has 1 aromatic heterocycles. The lowest BCUT2D eigenvalue weighted by atomic mass is 9.84. The summed E-state index contributed by atoms with van der Waals surface area (Å²) >= 11 is 3.84. The van der Waals surface area contributed by atoms with Crippen molar-refractivity contribution in [2.24, 2.45) is 0 Å². The molecule has 130 valence electrons. The van der Waals surface area contributed by atoms with Gasteiger partial charge in [-0.25, -0.2) is 4.79 Å². The van der Waals surface area contributed by atoms with Gasteiger partial charge in [0.25, 0.3) is 0 Å². The third-order valence-electron chi connectivity index (χ3n) is 5.11. The van der Waals surface area contributed by atoms with Crippen molar-refractivity contribution >= 4 is 37.0 Å². The molecule has 0 saturated heterocycles. The first-order chi connectivity index (χ1) is 13.2. The van der Waals surface area contributed by atoms with Gasteiger partial charge in [-0.15, -0.1) is 0 Å². The maximum absolute atomic E-state index is 11.9. The average Bonchev–Trinajstić information content (AvgIpc) is 3.01. The molecule has 5 rings (SSSR count). The summed E-state index contributed by atoms with van der Waals surface area (Å²) in [5.74, 6) is -0.00720. The lowest BCUT2D eigenvalue weighted by Crippen LogP contribution is -2.04. The zero-order chi connectivity index (χ0) is 18.4. The van der Waals surface area contributed by atoms with Gasteiger partial charge in [0, 0.05) is 27.4 Å². The van der Waals surface area contributed by atoms with Gasteiger partial charge in [0.05, 0.1) is 0 Å². The standard InChI is InChI=1S/C24H15BrO2/c25-23-18-11-5-4-10-17(18)22(21(23)15-7-2-1-3-8-15)19-12-6-9-16-13-14-20(26)27-24(16)19/h1-14,22H. The fourth-order valence-electron chi connectivity index (χ4n) is 3.95. The first-order valence-corrected chi connectivity index (χ1v) is 9.60. The SMILES string of the molecule is O=c1ccc2cccc(C3C(c4ccccc4)=C(Br)c4ccccc43)c2o1. The van der Waals surface area contributed by atoms with Gasteiger partial charge in [0.15, 0.2) is 0 Å². The molecule has 1 aliphatic carbocycles. The molecule has 1 heterocycles. The van der Waals surface area contributed by atoms with Gasteiger partial charge in [0.1, 0.15) is 5.58 Å². The minimum Gasteiger partial charge on any atom is -0.422 e. The molecule has 0 fully saturated rings. The Morgan fingerprint density at radius 1 is 0.741 bits per heavy atom. The van der Waals surface area contributed by atoms with Gasteiger partial charge >= 0.3 is 5.63 Å². The number of benzene rings is 3. The van der Waals surface area contributed by atoms with Crippen molar-refractivity contribution in [3.8, 4) is 0 Å². The Bertz CT molecular complexity index is 1250. The van der Waals surface area contributed by atoms with E-state index in [-0.39, 0.29) is 11.5 Å². The van der Waals surface area contributed by atoms with Crippen LogP contribution in [0.25, 0.3) is 21.0 Å². The van der Waals surface area contributed by atoms with E-state index in [2.05, 4.69) is 52.3 Å². The highest BCUT2D eigenvalue weighted by Crippen LogP contribution is 2.53. The molecule has 0 radical (unpaired) electrons. The molecule has 0 spiro atoms. The Morgan fingerprint density at radius 2 is 1.48 bits per heavy atom. The van der Waals surface area contributed by atoms with E-state index < -0.39 is 0 Å². The first-order valence-electron chi connectivity index (χ1n) is 8.81. The molecule has 2 nitrogen and oxygen atoms in total. The first kappa shape index (κ1) is 16.3. The van der Waals surface area contributed by atoms with Crippen LogP contribution in [-0.4, -0.2) is 0 Å². The number of hydrogen-bond acceptors (Lipinski definition) is 2. The Morgan fingerprint density at radius 3 is 2.33 bits per heavy atom.